The molecule has 1 aliphatic rings. The summed E-state index contributed by atoms with van der Waals surface area (Å²) in [5, 5.41) is 0. The molecule has 0 amide bonds. The lowest BCUT2D eigenvalue weighted by Gasteiger charge is -2.33. The Labute approximate surface area is 248 Å². The van der Waals surface area contributed by atoms with Crippen LogP contribution in [0.2, 0.25) is 0 Å². The molecule has 2 aromatic carbocycles. The number of carbonyl (C=O) groups excluding carboxylic acids is 4. The number of aryl methyl sites for hydroxylation is 2. The molecule has 3 atom stereocenters. The van der Waals surface area contributed by atoms with Crippen LogP contribution in [0, 0.1) is 24.7 Å². The van der Waals surface area contributed by atoms with Crippen LogP contribution in [0.25, 0.3) is 0 Å². The van der Waals surface area contributed by atoms with Crippen LogP contribution < -0.4 is 0 Å². The van der Waals surface area contributed by atoms with E-state index >= 15 is 0 Å². The first-order valence-corrected chi connectivity index (χ1v) is 15.9. The number of Topliss-reactive ketones (excluding diaryl/α,β-unsaturated/α-hetero) is 4. The molecule has 41 heavy (non-hydrogen) atoms. The molecule has 224 valence electrons. The van der Waals surface area contributed by atoms with Gasteiger partial charge in [0, 0.05) is 29.9 Å². The first kappa shape index (κ1) is 34.3. The SMILES string of the molecule is CCC.CCCC(CC1CC(=O)c2c(C)c(CCC(=O)c3ccccc3)cc(CC)c2C1)C(CC)C(=O)CC(C)=O. The smallest absolute Gasteiger partial charge is 0.163 e. The van der Waals surface area contributed by atoms with Gasteiger partial charge in [-0.15, -0.1) is 0 Å². The van der Waals surface area contributed by atoms with E-state index in [-0.39, 0.29) is 47.3 Å². The molecule has 1 aliphatic carbocycles. The number of fused-ring (bicyclic) bond motifs is 1. The molecule has 0 fully saturated rings. The van der Waals surface area contributed by atoms with E-state index < -0.39 is 0 Å². The molecule has 0 aromatic heterocycles. The molecule has 3 rings (SSSR count). The van der Waals surface area contributed by atoms with Gasteiger partial charge in [-0.3, -0.25) is 19.2 Å². The molecule has 0 saturated carbocycles. The van der Waals surface area contributed by atoms with Gasteiger partial charge >= 0.3 is 0 Å². The first-order valence-electron chi connectivity index (χ1n) is 15.9. The second-order valence-corrected chi connectivity index (χ2v) is 11.9. The van der Waals surface area contributed by atoms with Gasteiger partial charge in [-0.25, -0.2) is 0 Å². The van der Waals surface area contributed by atoms with Crippen LogP contribution >= 0.6 is 0 Å². The fourth-order valence-corrected chi connectivity index (χ4v) is 6.53. The minimum atomic E-state index is -0.118. The Morgan fingerprint density at radius 3 is 2.17 bits per heavy atom. The largest absolute Gasteiger partial charge is 0.300 e. The fourth-order valence-electron chi connectivity index (χ4n) is 6.53. The highest BCUT2D eigenvalue weighted by molar-refractivity contribution is 6.01. The lowest BCUT2D eigenvalue weighted by Crippen LogP contribution is -2.30. The summed E-state index contributed by atoms with van der Waals surface area (Å²) in [5.41, 5.74) is 6.09. The standard InChI is InChI=1S/C34H44O4.C3H8/c1-6-12-28(29(8-3)32(37)17-22(4)35)18-24-19-30-25(7-2)21-27(23(5)34(30)33(38)20-24)15-16-31(36)26-13-10-9-11-14-26;1-3-2/h9-11,13-14,21,24,28-29H,6-8,12,15-20H2,1-5H3;3H2,1-2H3. The second kappa shape index (κ2) is 17.2. The van der Waals surface area contributed by atoms with E-state index in [4.69, 9.17) is 0 Å². The monoisotopic (exact) mass is 560 g/mol. The average Bonchev–Trinajstić information content (AvgIpc) is 2.93. The summed E-state index contributed by atoms with van der Waals surface area (Å²) in [6.07, 6.45) is 8.02. The van der Waals surface area contributed by atoms with Gasteiger partial charge in [0.1, 0.15) is 11.6 Å². The van der Waals surface area contributed by atoms with E-state index in [1.165, 1.54) is 24.5 Å². The van der Waals surface area contributed by atoms with Crippen LogP contribution in [0.5, 0.6) is 0 Å². The third-order valence-corrected chi connectivity index (χ3v) is 8.38. The third kappa shape index (κ3) is 9.58. The van der Waals surface area contributed by atoms with Crippen molar-refractivity contribution in [2.45, 2.75) is 119 Å². The molecular formula is C37H52O4. The summed E-state index contributed by atoms with van der Waals surface area (Å²) in [5.74, 6) is 0.589. The number of hydrogen-bond acceptors (Lipinski definition) is 4. The molecule has 4 nitrogen and oxygen atoms in total. The van der Waals surface area contributed by atoms with E-state index in [1.54, 1.807) is 0 Å². The average molecular weight is 561 g/mol. The van der Waals surface area contributed by atoms with E-state index in [1.807, 2.05) is 44.2 Å². The van der Waals surface area contributed by atoms with E-state index in [2.05, 4.69) is 33.8 Å². The van der Waals surface area contributed by atoms with Crippen LogP contribution in [0.4, 0.5) is 0 Å². The molecule has 0 spiro atoms. The number of hydrogen-bond donors (Lipinski definition) is 0. The van der Waals surface area contributed by atoms with E-state index in [0.29, 0.717) is 19.3 Å². The van der Waals surface area contributed by atoms with Crippen LogP contribution in [0.15, 0.2) is 36.4 Å². The molecule has 0 aliphatic heterocycles. The Morgan fingerprint density at radius 2 is 1.61 bits per heavy atom. The number of carbonyl (C=O) groups is 4. The minimum absolute atomic E-state index is 0.0138. The first-order chi connectivity index (χ1) is 19.6. The highest BCUT2D eigenvalue weighted by Gasteiger charge is 2.34. The van der Waals surface area contributed by atoms with Gasteiger partial charge < -0.3 is 0 Å². The van der Waals surface area contributed by atoms with Crippen LogP contribution in [0.3, 0.4) is 0 Å². The van der Waals surface area contributed by atoms with Crippen molar-refractivity contribution in [2.24, 2.45) is 17.8 Å². The topological polar surface area (TPSA) is 68.3 Å². The van der Waals surface area contributed by atoms with Gasteiger partial charge in [-0.1, -0.05) is 90.3 Å². The van der Waals surface area contributed by atoms with Gasteiger partial charge in [0.25, 0.3) is 0 Å². The fraction of sp³-hybridized carbons (Fsp3) is 0.568. The third-order valence-electron chi connectivity index (χ3n) is 8.38. The van der Waals surface area contributed by atoms with Crippen molar-refractivity contribution >= 4 is 23.1 Å². The van der Waals surface area contributed by atoms with Crippen molar-refractivity contribution < 1.29 is 19.2 Å². The zero-order valence-corrected chi connectivity index (χ0v) is 26.6. The van der Waals surface area contributed by atoms with E-state index in [9.17, 15) is 19.2 Å². The van der Waals surface area contributed by atoms with E-state index in [0.717, 1.165) is 60.8 Å². The Hall–Kier alpha value is -2.88. The lowest BCUT2D eigenvalue weighted by molar-refractivity contribution is -0.129. The maximum Gasteiger partial charge on any atom is 0.163 e. The summed E-state index contributed by atoms with van der Waals surface area (Å²) in [7, 11) is 0. The van der Waals surface area contributed by atoms with Crippen molar-refractivity contribution in [3.8, 4) is 0 Å². The molecule has 2 aromatic rings. The molecule has 3 unspecified atom stereocenters. The van der Waals surface area contributed by atoms with Crippen molar-refractivity contribution in [3.05, 3.63) is 69.8 Å². The normalized spacial score (nSPS) is 15.8. The number of rotatable bonds is 14. The Bertz CT molecular complexity index is 1180. The number of ketones is 4. The molecule has 0 heterocycles. The van der Waals surface area contributed by atoms with Gasteiger partial charge in [0.15, 0.2) is 11.6 Å². The van der Waals surface area contributed by atoms with Crippen LogP contribution in [0.1, 0.15) is 136 Å². The zero-order valence-electron chi connectivity index (χ0n) is 26.6. The molecule has 0 radical (unpaired) electrons. The van der Waals surface area contributed by atoms with Crippen LogP contribution in [-0.4, -0.2) is 23.1 Å². The molecule has 0 N–H and O–H groups in total. The Morgan fingerprint density at radius 1 is 0.951 bits per heavy atom. The molecular weight excluding hydrogens is 508 g/mol. The van der Waals surface area contributed by atoms with Gasteiger partial charge in [-0.2, -0.15) is 0 Å². The predicted molar refractivity (Wildman–Crippen MR) is 169 cm³/mol. The highest BCUT2D eigenvalue weighted by atomic mass is 16.1. The highest BCUT2D eigenvalue weighted by Crippen LogP contribution is 2.38. The molecule has 0 saturated heterocycles. The van der Waals surface area contributed by atoms with Gasteiger partial charge in [0.2, 0.25) is 0 Å². The summed E-state index contributed by atoms with van der Waals surface area (Å²) in [6, 6.07) is 11.6. The molecule has 0 bridgehead atoms. The summed E-state index contributed by atoms with van der Waals surface area (Å²) in [6.45, 7) is 14.1. The zero-order chi connectivity index (χ0) is 30.5. The Balaban J connectivity index is 0.00000187. The van der Waals surface area contributed by atoms with Crippen molar-refractivity contribution in [3.63, 3.8) is 0 Å². The summed E-state index contributed by atoms with van der Waals surface area (Å²) >= 11 is 0. The second-order valence-electron chi connectivity index (χ2n) is 11.9. The Kier molecular flexibility index (Phi) is 14.4. The van der Waals surface area contributed by atoms with Crippen molar-refractivity contribution in [1.82, 2.24) is 0 Å². The molecule has 4 heteroatoms. The maximum absolute atomic E-state index is 13.6. The van der Waals surface area contributed by atoms with Crippen molar-refractivity contribution in [2.75, 3.05) is 0 Å². The van der Waals surface area contributed by atoms with Crippen molar-refractivity contribution in [1.29, 1.82) is 0 Å². The van der Waals surface area contributed by atoms with Gasteiger partial charge in [0.05, 0.1) is 6.42 Å². The summed E-state index contributed by atoms with van der Waals surface area (Å²) in [4.78, 5) is 50.8. The minimum Gasteiger partial charge on any atom is -0.300 e. The van der Waals surface area contributed by atoms with Gasteiger partial charge in [-0.05, 0) is 80.0 Å². The lowest BCUT2D eigenvalue weighted by atomic mass is 9.70. The quantitative estimate of drug-likeness (QED) is 0.171. The number of benzene rings is 2. The van der Waals surface area contributed by atoms with Crippen LogP contribution in [-0.2, 0) is 28.9 Å². The summed E-state index contributed by atoms with van der Waals surface area (Å²) < 4.78 is 0. The maximum atomic E-state index is 13.6. The predicted octanol–water partition coefficient (Wildman–Crippen LogP) is 8.92.